The van der Waals surface area contributed by atoms with Crippen LogP contribution in [0.5, 0.6) is 0 Å². The first-order chi connectivity index (χ1) is 9.34. The molecule has 2 N–H and O–H groups in total. The van der Waals surface area contributed by atoms with Gasteiger partial charge < -0.3 is 5.32 Å². The van der Waals surface area contributed by atoms with E-state index in [9.17, 15) is 0 Å². The van der Waals surface area contributed by atoms with E-state index in [0.29, 0.717) is 6.04 Å². The normalized spacial score (nSPS) is 17.6. The predicted molar refractivity (Wildman–Crippen MR) is 79.6 cm³/mol. The smallest absolute Gasteiger partial charge is 0.0522 e. The molecule has 1 aliphatic rings. The molecular weight excluding hydrogens is 254 g/mol. The van der Waals surface area contributed by atoms with Crippen LogP contribution in [0.1, 0.15) is 29.3 Å². The molecule has 3 nitrogen and oxygen atoms in total. The Kier molecular flexibility index (Phi) is 3.89. The van der Waals surface area contributed by atoms with Gasteiger partial charge in [-0.3, -0.25) is 5.10 Å². The molecular formula is C15H19N3S. The van der Waals surface area contributed by atoms with E-state index in [2.05, 4.69) is 46.7 Å². The first kappa shape index (κ1) is 12.8. The molecule has 0 bridgehead atoms. The van der Waals surface area contributed by atoms with E-state index in [1.54, 1.807) is 0 Å². The molecule has 0 saturated heterocycles. The third-order valence-corrected chi connectivity index (χ3v) is 4.83. The SMILES string of the molecule is Cc1[nH]ncc1CCCNC1CSc2ccccc21. The van der Waals surface area contributed by atoms with Crippen molar-refractivity contribution in [2.75, 3.05) is 12.3 Å². The fourth-order valence-corrected chi connectivity index (χ4v) is 3.71. The molecule has 3 rings (SSSR count). The first-order valence-corrected chi connectivity index (χ1v) is 7.77. The van der Waals surface area contributed by atoms with Crippen LogP contribution in [-0.4, -0.2) is 22.5 Å². The third-order valence-electron chi connectivity index (χ3n) is 3.65. The maximum absolute atomic E-state index is 4.06. The molecule has 4 heteroatoms. The molecule has 0 fully saturated rings. The zero-order valence-corrected chi connectivity index (χ0v) is 12.0. The Morgan fingerprint density at radius 3 is 3.16 bits per heavy atom. The number of nitrogens with one attached hydrogen (secondary N) is 2. The number of aromatic nitrogens is 2. The van der Waals surface area contributed by atoms with Crippen LogP contribution in [0, 0.1) is 6.92 Å². The van der Waals surface area contributed by atoms with Gasteiger partial charge in [-0.25, -0.2) is 0 Å². The molecule has 0 aliphatic carbocycles. The average Bonchev–Trinajstić information content (AvgIpc) is 3.02. The van der Waals surface area contributed by atoms with Gasteiger partial charge in [0.1, 0.15) is 0 Å². The van der Waals surface area contributed by atoms with Crippen LogP contribution in [0.2, 0.25) is 0 Å². The molecule has 2 heterocycles. The Hall–Kier alpha value is -1.26. The van der Waals surface area contributed by atoms with Crippen LogP contribution in [0.15, 0.2) is 35.4 Å². The lowest BCUT2D eigenvalue weighted by Crippen LogP contribution is -2.22. The highest BCUT2D eigenvalue weighted by molar-refractivity contribution is 7.99. The number of hydrogen-bond donors (Lipinski definition) is 2. The van der Waals surface area contributed by atoms with Gasteiger partial charge in [0, 0.05) is 22.4 Å². The van der Waals surface area contributed by atoms with Crippen LogP contribution in [0.3, 0.4) is 0 Å². The Bertz CT molecular complexity index is 550. The summed E-state index contributed by atoms with van der Waals surface area (Å²) in [6.45, 7) is 3.14. The molecule has 19 heavy (non-hydrogen) atoms. The second-order valence-electron chi connectivity index (χ2n) is 4.98. The molecule has 2 aromatic rings. The Morgan fingerprint density at radius 2 is 2.32 bits per heavy atom. The monoisotopic (exact) mass is 273 g/mol. The second-order valence-corrected chi connectivity index (χ2v) is 6.04. The number of aryl methyl sites for hydroxylation is 2. The minimum Gasteiger partial charge on any atom is -0.309 e. The van der Waals surface area contributed by atoms with Crippen LogP contribution < -0.4 is 5.32 Å². The van der Waals surface area contributed by atoms with Gasteiger partial charge >= 0.3 is 0 Å². The highest BCUT2D eigenvalue weighted by Crippen LogP contribution is 2.37. The summed E-state index contributed by atoms with van der Waals surface area (Å²) < 4.78 is 0. The highest BCUT2D eigenvalue weighted by Gasteiger charge is 2.21. The predicted octanol–water partition coefficient (Wildman–Crippen LogP) is 3.09. The number of benzene rings is 1. The van der Waals surface area contributed by atoms with Gasteiger partial charge in [-0.2, -0.15) is 5.10 Å². The minimum atomic E-state index is 0.520. The number of nitrogens with zero attached hydrogens (tertiary/aromatic N) is 1. The molecule has 0 amide bonds. The molecule has 1 aromatic carbocycles. The first-order valence-electron chi connectivity index (χ1n) is 6.78. The van der Waals surface area contributed by atoms with Crippen molar-refractivity contribution >= 4 is 11.8 Å². The summed E-state index contributed by atoms with van der Waals surface area (Å²) in [5.74, 6) is 1.16. The number of hydrogen-bond acceptors (Lipinski definition) is 3. The van der Waals surface area contributed by atoms with E-state index in [1.807, 2.05) is 18.0 Å². The highest BCUT2D eigenvalue weighted by atomic mass is 32.2. The summed E-state index contributed by atoms with van der Waals surface area (Å²) in [6.07, 6.45) is 4.19. The Balaban J connectivity index is 1.48. The van der Waals surface area contributed by atoms with Crippen LogP contribution in [-0.2, 0) is 6.42 Å². The van der Waals surface area contributed by atoms with Crippen LogP contribution >= 0.6 is 11.8 Å². The summed E-state index contributed by atoms with van der Waals surface area (Å²) >= 11 is 1.96. The molecule has 100 valence electrons. The number of thioether (sulfide) groups is 1. The van der Waals surface area contributed by atoms with Gasteiger partial charge in [0.05, 0.1) is 6.20 Å². The van der Waals surface area contributed by atoms with E-state index in [1.165, 1.54) is 21.7 Å². The fourth-order valence-electron chi connectivity index (χ4n) is 2.51. The van der Waals surface area contributed by atoms with Crippen LogP contribution in [0.4, 0.5) is 0 Å². The van der Waals surface area contributed by atoms with E-state index >= 15 is 0 Å². The van der Waals surface area contributed by atoms with Crippen molar-refractivity contribution < 1.29 is 0 Å². The molecule has 0 saturated carbocycles. The van der Waals surface area contributed by atoms with Gasteiger partial charge in [0.25, 0.3) is 0 Å². The zero-order chi connectivity index (χ0) is 13.1. The second kappa shape index (κ2) is 5.80. The third kappa shape index (κ3) is 2.85. The van der Waals surface area contributed by atoms with E-state index < -0.39 is 0 Å². The van der Waals surface area contributed by atoms with Gasteiger partial charge in [-0.05, 0) is 43.5 Å². The van der Waals surface area contributed by atoms with Gasteiger partial charge in [0.15, 0.2) is 0 Å². The maximum Gasteiger partial charge on any atom is 0.0522 e. The lowest BCUT2D eigenvalue weighted by atomic mass is 10.1. The van der Waals surface area contributed by atoms with Crippen molar-refractivity contribution in [3.05, 3.63) is 47.3 Å². The standard InChI is InChI=1S/C15H19N3S/c1-11-12(9-17-18-11)5-4-8-16-14-10-19-15-7-3-2-6-13(14)15/h2-3,6-7,9,14,16H,4-5,8,10H2,1H3,(H,17,18). The maximum atomic E-state index is 4.06. The Labute approximate surface area is 118 Å². The van der Waals surface area contributed by atoms with Crippen molar-refractivity contribution in [3.63, 3.8) is 0 Å². The molecule has 1 aromatic heterocycles. The van der Waals surface area contributed by atoms with Crippen molar-refractivity contribution in [1.29, 1.82) is 0 Å². The number of fused-ring (bicyclic) bond motifs is 1. The lowest BCUT2D eigenvalue weighted by molar-refractivity contribution is 0.565. The quantitative estimate of drug-likeness (QED) is 0.823. The topological polar surface area (TPSA) is 40.7 Å². The van der Waals surface area contributed by atoms with Gasteiger partial charge in [0.2, 0.25) is 0 Å². The van der Waals surface area contributed by atoms with E-state index in [-0.39, 0.29) is 0 Å². The largest absolute Gasteiger partial charge is 0.309 e. The molecule has 1 unspecified atom stereocenters. The summed E-state index contributed by atoms with van der Waals surface area (Å²) in [4.78, 5) is 1.44. The number of aromatic amines is 1. The zero-order valence-electron chi connectivity index (χ0n) is 11.1. The molecule has 1 atom stereocenters. The number of rotatable bonds is 5. The summed E-state index contributed by atoms with van der Waals surface area (Å²) in [7, 11) is 0. The van der Waals surface area contributed by atoms with Crippen molar-refractivity contribution in [1.82, 2.24) is 15.5 Å². The summed E-state index contributed by atoms with van der Waals surface area (Å²) in [5.41, 5.74) is 4.00. The molecule has 0 radical (unpaired) electrons. The summed E-state index contributed by atoms with van der Waals surface area (Å²) in [6, 6.07) is 9.24. The Morgan fingerprint density at radius 1 is 1.42 bits per heavy atom. The average molecular weight is 273 g/mol. The van der Waals surface area contributed by atoms with Crippen LogP contribution in [0.25, 0.3) is 0 Å². The molecule has 0 spiro atoms. The van der Waals surface area contributed by atoms with Crippen molar-refractivity contribution in [2.24, 2.45) is 0 Å². The van der Waals surface area contributed by atoms with Crippen molar-refractivity contribution in [2.45, 2.75) is 30.7 Å². The lowest BCUT2D eigenvalue weighted by Gasteiger charge is -2.12. The van der Waals surface area contributed by atoms with E-state index in [0.717, 1.165) is 25.1 Å². The van der Waals surface area contributed by atoms with Crippen molar-refractivity contribution in [3.8, 4) is 0 Å². The fraction of sp³-hybridized carbons (Fsp3) is 0.400. The minimum absolute atomic E-state index is 0.520. The number of H-pyrrole nitrogens is 1. The summed E-state index contributed by atoms with van der Waals surface area (Å²) in [5, 5.41) is 10.7. The van der Waals surface area contributed by atoms with Gasteiger partial charge in [-0.15, -0.1) is 11.8 Å². The van der Waals surface area contributed by atoms with E-state index in [4.69, 9.17) is 0 Å². The molecule has 1 aliphatic heterocycles. The van der Waals surface area contributed by atoms with Gasteiger partial charge in [-0.1, -0.05) is 18.2 Å².